The van der Waals surface area contributed by atoms with Gasteiger partial charge in [0.15, 0.2) is 5.69 Å². The van der Waals surface area contributed by atoms with Crippen LogP contribution in [-0.4, -0.2) is 30.0 Å². The Hall–Kier alpha value is -0.660. The first-order chi connectivity index (χ1) is 8.55. The van der Waals surface area contributed by atoms with Crippen LogP contribution in [0.2, 0.25) is 0 Å². The van der Waals surface area contributed by atoms with Crippen molar-refractivity contribution in [3.8, 4) is 0 Å². The van der Waals surface area contributed by atoms with Gasteiger partial charge in [-0.2, -0.15) is 13.2 Å². The van der Waals surface area contributed by atoms with Crippen LogP contribution in [0.5, 0.6) is 0 Å². The molecule has 7 heteroatoms. The summed E-state index contributed by atoms with van der Waals surface area (Å²) < 4.78 is 38.5. The average molecular weight is 295 g/mol. The minimum absolute atomic E-state index is 0.118. The number of hydrogen-bond donors (Lipinski definition) is 1. The van der Waals surface area contributed by atoms with Gasteiger partial charge in [-0.25, -0.2) is 4.98 Å². The number of halogens is 3. The van der Waals surface area contributed by atoms with Gasteiger partial charge in [0.2, 0.25) is 0 Å². The van der Waals surface area contributed by atoms with Gasteiger partial charge in [0.05, 0.1) is 9.88 Å². The molecule has 1 heterocycles. The van der Waals surface area contributed by atoms with E-state index >= 15 is 0 Å². The Bertz CT molecular complexity index is 426. The van der Waals surface area contributed by atoms with E-state index in [4.69, 9.17) is 5.73 Å². The lowest BCUT2D eigenvalue weighted by molar-refractivity contribution is -0.141. The summed E-state index contributed by atoms with van der Waals surface area (Å²) >= 11 is 1.10. The first kappa shape index (κ1) is 16.4. The van der Waals surface area contributed by atoms with Gasteiger partial charge in [0.1, 0.15) is 0 Å². The van der Waals surface area contributed by atoms with E-state index in [1.54, 1.807) is 14.0 Å². The number of nitrogens with two attached hydrogens (primary N) is 1. The van der Waals surface area contributed by atoms with Gasteiger partial charge in [-0.15, -0.1) is 11.3 Å². The van der Waals surface area contributed by atoms with Crippen molar-refractivity contribution < 1.29 is 13.2 Å². The number of aryl methyl sites for hydroxylation is 1. The van der Waals surface area contributed by atoms with E-state index in [9.17, 15) is 13.2 Å². The number of alkyl halides is 3. The summed E-state index contributed by atoms with van der Waals surface area (Å²) in [6, 6.07) is 0. The largest absolute Gasteiger partial charge is 0.434 e. The summed E-state index contributed by atoms with van der Waals surface area (Å²) in [4.78, 5) is 5.71. The maximum Gasteiger partial charge on any atom is 0.434 e. The minimum atomic E-state index is -4.38. The molecule has 0 fully saturated rings. The molecule has 3 nitrogen and oxygen atoms in total. The van der Waals surface area contributed by atoms with E-state index in [1.165, 1.54) is 0 Å². The Morgan fingerprint density at radius 3 is 2.37 bits per heavy atom. The minimum Gasteiger partial charge on any atom is -0.330 e. The fourth-order valence-corrected chi connectivity index (χ4v) is 2.93. The monoisotopic (exact) mass is 295 g/mol. The zero-order valence-electron chi connectivity index (χ0n) is 11.6. The Labute approximate surface area is 115 Å². The molecule has 1 rings (SSSR count). The average Bonchev–Trinajstić information content (AvgIpc) is 2.58. The van der Waals surface area contributed by atoms with Crippen LogP contribution in [0.15, 0.2) is 0 Å². The number of hydrogen-bond acceptors (Lipinski definition) is 4. The Balaban J connectivity index is 2.83. The van der Waals surface area contributed by atoms with Gasteiger partial charge >= 0.3 is 6.18 Å². The third-order valence-corrected chi connectivity index (χ3v) is 3.69. The second-order valence-corrected chi connectivity index (χ2v) is 6.83. The number of rotatable bonds is 5. The molecular formula is C12H20F3N3S. The van der Waals surface area contributed by atoms with E-state index in [2.05, 4.69) is 4.98 Å². The number of nitrogens with zero attached hydrogens (tertiary/aromatic N) is 2. The SMILES string of the molecule is Cc1nc(C(F)(F)F)c(CN(C)CC(C)(C)CN)s1. The highest BCUT2D eigenvalue weighted by atomic mass is 32.1. The van der Waals surface area contributed by atoms with Crippen molar-refractivity contribution in [1.82, 2.24) is 9.88 Å². The molecule has 0 saturated heterocycles. The summed E-state index contributed by atoms with van der Waals surface area (Å²) in [5, 5.41) is 0.439. The van der Waals surface area contributed by atoms with Crippen LogP contribution in [0.4, 0.5) is 13.2 Å². The molecule has 110 valence electrons. The van der Waals surface area contributed by atoms with Crippen LogP contribution in [0.1, 0.15) is 29.4 Å². The highest BCUT2D eigenvalue weighted by molar-refractivity contribution is 7.11. The van der Waals surface area contributed by atoms with Crippen molar-refractivity contribution in [2.75, 3.05) is 20.1 Å². The zero-order valence-corrected chi connectivity index (χ0v) is 12.5. The lowest BCUT2D eigenvalue weighted by Crippen LogP contribution is -2.36. The number of thiazole rings is 1. The first-order valence-electron chi connectivity index (χ1n) is 5.97. The lowest BCUT2D eigenvalue weighted by atomic mass is 9.93. The fraction of sp³-hybridized carbons (Fsp3) is 0.750. The second-order valence-electron chi connectivity index (χ2n) is 5.54. The van der Waals surface area contributed by atoms with E-state index in [0.717, 1.165) is 11.3 Å². The third-order valence-electron chi connectivity index (χ3n) is 2.74. The van der Waals surface area contributed by atoms with E-state index in [1.807, 2.05) is 18.7 Å². The molecule has 0 radical (unpaired) electrons. The molecule has 0 saturated carbocycles. The standard InChI is InChI=1S/C12H20F3N3S/c1-8-17-10(12(13,14)15)9(19-8)5-18(4)7-11(2,3)6-16/h5-7,16H2,1-4H3. The predicted molar refractivity (Wildman–Crippen MR) is 71.0 cm³/mol. The molecule has 0 aliphatic rings. The van der Waals surface area contributed by atoms with Crippen LogP contribution >= 0.6 is 11.3 Å². The van der Waals surface area contributed by atoms with Gasteiger partial charge < -0.3 is 10.6 Å². The van der Waals surface area contributed by atoms with Gasteiger partial charge in [0.25, 0.3) is 0 Å². The molecule has 0 unspecified atom stereocenters. The summed E-state index contributed by atoms with van der Waals surface area (Å²) in [6.07, 6.45) is -4.38. The quantitative estimate of drug-likeness (QED) is 0.908. The Morgan fingerprint density at radius 2 is 1.89 bits per heavy atom. The molecule has 0 atom stereocenters. The van der Waals surface area contributed by atoms with Crippen molar-refractivity contribution in [2.24, 2.45) is 11.1 Å². The van der Waals surface area contributed by atoms with Crippen LogP contribution in [0.25, 0.3) is 0 Å². The van der Waals surface area contributed by atoms with Crippen molar-refractivity contribution in [2.45, 2.75) is 33.5 Å². The van der Waals surface area contributed by atoms with Crippen LogP contribution in [-0.2, 0) is 12.7 Å². The molecule has 19 heavy (non-hydrogen) atoms. The molecule has 0 bridgehead atoms. The maximum absolute atomic E-state index is 12.8. The molecule has 2 N–H and O–H groups in total. The molecule has 0 aliphatic heterocycles. The molecule has 0 aromatic carbocycles. The van der Waals surface area contributed by atoms with E-state index in [-0.39, 0.29) is 16.8 Å². The van der Waals surface area contributed by atoms with Crippen molar-refractivity contribution in [1.29, 1.82) is 0 Å². The smallest absolute Gasteiger partial charge is 0.330 e. The predicted octanol–water partition coefficient (Wildman–Crippen LogP) is 2.89. The van der Waals surface area contributed by atoms with Gasteiger partial charge in [-0.3, -0.25) is 0 Å². The highest BCUT2D eigenvalue weighted by Crippen LogP contribution is 2.34. The van der Waals surface area contributed by atoms with Crippen molar-refractivity contribution in [3.05, 3.63) is 15.6 Å². The highest BCUT2D eigenvalue weighted by Gasteiger charge is 2.37. The van der Waals surface area contributed by atoms with Crippen LogP contribution in [0, 0.1) is 12.3 Å². The summed E-state index contributed by atoms with van der Waals surface area (Å²) in [5.41, 5.74) is 4.76. The summed E-state index contributed by atoms with van der Waals surface area (Å²) in [5.74, 6) is 0. The topological polar surface area (TPSA) is 42.2 Å². The van der Waals surface area contributed by atoms with E-state index in [0.29, 0.717) is 18.1 Å². The van der Waals surface area contributed by atoms with Gasteiger partial charge in [-0.05, 0) is 25.9 Å². The molecule has 0 aliphatic carbocycles. The van der Waals surface area contributed by atoms with Gasteiger partial charge in [-0.1, -0.05) is 13.8 Å². The molecule has 1 aromatic heterocycles. The van der Waals surface area contributed by atoms with E-state index < -0.39 is 11.9 Å². The lowest BCUT2D eigenvalue weighted by Gasteiger charge is -2.28. The van der Waals surface area contributed by atoms with Crippen molar-refractivity contribution >= 4 is 11.3 Å². The second kappa shape index (κ2) is 5.76. The Kier molecular flexibility index (Phi) is 4.97. The molecule has 0 spiro atoms. The van der Waals surface area contributed by atoms with Crippen molar-refractivity contribution in [3.63, 3.8) is 0 Å². The molecule has 1 aromatic rings. The van der Waals surface area contributed by atoms with Gasteiger partial charge in [0, 0.05) is 13.1 Å². The maximum atomic E-state index is 12.8. The molecule has 0 amide bonds. The van der Waals surface area contributed by atoms with Crippen LogP contribution in [0.3, 0.4) is 0 Å². The fourth-order valence-electron chi connectivity index (χ4n) is 1.89. The third kappa shape index (κ3) is 4.74. The first-order valence-corrected chi connectivity index (χ1v) is 6.79. The van der Waals surface area contributed by atoms with Crippen LogP contribution < -0.4 is 5.73 Å². The molecular weight excluding hydrogens is 275 g/mol. The zero-order chi connectivity index (χ0) is 14.8. The Morgan fingerprint density at radius 1 is 1.32 bits per heavy atom. The normalized spacial score (nSPS) is 13.3. The summed E-state index contributed by atoms with van der Waals surface area (Å²) in [6.45, 7) is 6.94. The summed E-state index contributed by atoms with van der Waals surface area (Å²) in [7, 11) is 1.80. The number of aromatic nitrogens is 1.